The molecule has 2 N–H and O–H groups in total. The number of nitrogens with zero attached hydrogens (tertiary/aromatic N) is 1. The number of aliphatic hydroxyl groups excluding tert-OH is 2. The summed E-state index contributed by atoms with van der Waals surface area (Å²) in [6.07, 6.45) is 6.19. The third-order valence-electron chi connectivity index (χ3n) is 7.14. The zero-order chi connectivity index (χ0) is 20.2. The molecule has 0 aliphatic heterocycles. The Balaban J connectivity index is 1.50. The van der Waals surface area contributed by atoms with Gasteiger partial charge >= 0.3 is 0 Å². The van der Waals surface area contributed by atoms with Crippen LogP contribution in [0.4, 0.5) is 0 Å². The van der Waals surface area contributed by atoms with Crippen molar-refractivity contribution in [2.45, 2.75) is 69.1 Å². The fourth-order valence-corrected chi connectivity index (χ4v) is 5.52. The minimum Gasteiger partial charge on any atom is -0.392 e. The van der Waals surface area contributed by atoms with Crippen molar-refractivity contribution in [1.82, 2.24) is 0 Å². The molecule has 4 rings (SSSR count). The summed E-state index contributed by atoms with van der Waals surface area (Å²) >= 11 is 0. The van der Waals surface area contributed by atoms with E-state index < -0.39 is 6.10 Å². The molecular formula is C26H31NO2. The Hall–Kier alpha value is -2.15. The highest BCUT2D eigenvalue weighted by atomic mass is 16.3. The van der Waals surface area contributed by atoms with E-state index >= 15 is 0 Å². The van der Waals surface area contributed by atoms with Crippen molar-refractivity contribution in [3.63, 3.8) is 0 Å². The lowest BCUT2D eigenvalue weighted by Gasteiger charge is -2.23. The van der Waals surface area contributed by atoms with Gasteiger partial charge in [0.25, 0.3) is 0 Å². The van der Waals surface area contributed by atoms with E-state index in [9.17, 15) is 10.2 Å². The summed E-state index contributed by atoms with van der Waals surface area (Å²) in [6, 6.07) is 18.5. The first-order valence-corrected chi connectivity index (χ1v) is 11.0. The quantitative estimate of drug-likeness (QED) is 0.659. The van der Waals surface area contributed by atoms with Crippen LogP contribution in [0.3, 0.4) is 0 Å². The lowest BCUT2D eigenvalue weighted by Crippen LogP contribution is -2.20. The Labute approximate surface area is 174 Å². The average molecular weight is 390 g/mol. The SMILES string of the molecule is [C-]#[N+][C@@H]1C[C@@H](O)C(c2ccc(C(O)C3CCCC3)cc2)C1CCc1ccccc1. The molecule has 3 unspecified atom stereocenters. The Bertz CT molecular complexity index is 820. The standard InChI is InChI=1S/C26H31NO2/c1-27-23-17-24(28)25(22(23)16-11-18-7-3-2-4-8-18)19-12-14-21(15-13-19)26(29)20-9-5-6-10-20/h2-4,7-8,12-15,20,22-26,28-29H,5-6,9-11,16-17H2/t22?,23-,24-,25?,26?/m1/s1. The molecule has 5 atom stereocenters. The lowest BCUT2D eigenvalue weighted by molar-refractivity contribution is 0.111. The van der Waals surface area contributed by atoms with Crippen LogP contribution in [-0.2, 0) is 6.42 Å². The van der Waals surface area contributed by atoms with Crippen LogP contribution < -0.4 is 0 Å². The molecule has 0 saturated heterocycles. The minimum absolute atomic E-state index is 0.00418. The van der Waals surface area contributed by atoms with E-state index in [2.05, 4.69) is 41.2 Å². The van der Waals surface area contributed by atoms with Gasteiger partial charge in [-0.25, -0.2) is 6.57 Å². The zero-order valence-corrected chi connectivity index (χ0v) is 17.0. The number of aliphatic hydroxyl groups is 2. The van der Waals surface area contributed by atoms with Crippen LogP contribution in [0.15, 0.2) is 54.6 Å². The van der Waals surface area contributed by atoms with E-state index in [1.54, 1.807) is 0 Å². The summed E-state index contributed by atoms with van der Waals surface area (Å²) < 4.78 is 0. The van der Waals surface area contributed by atoms with Gasteiger partial charge in [0.1, 0.15) is 0 Å². The molecule has 0 aromatic heterocycles. The van der Waals surface area contributed by atoms with Gasteiger partial charge in [0.15, 0.2) is 0 Å². The van der Waals surface area contributed by atoms with E-state index in [0.717, 1.165) is 36.8 Å². The number of rotatable bonds is 6. The Morgan fingerprint density at radius 2 is 1.69 bits per heavy atom. The third-order valence-corrected chi connectivity index (χ3v) is 7.14. The summed E-state index contributed by atoms with van der Waals surface area (Å²) in [5.74, 6) is 0.534. The van der Waals surface area contributed by atoms with E-state index in [-0.39, 0.29) is 24.0 Å². The summed E-state index contributed by atoms with van der Waals surface area (Å²) in [6.45, 7) is 7.62. The van der Waals surface area contributed by atoms with Crippen LogP contribution in [0.25, 0.3) is 4.85 Å². The summed E-state index contributed by atoms with van der Waals surface area (Å²) in [5, 5.41) is 21.5. The predicted molar refractivity (Wildman–Crippen MR) is 115 cm³/mol. The van der Waals surface area contributed by atoms with Crippen molar-refractivity contribution < 1.29 is 10.2 Å². The first kappa shape index (κ1) is 20.1. The van der Waals surface area contributed by atoms with Gasteiger partial charge in [-0.05, 0) is 48.3 Å². The molecule has 0 radical (unpaired) electrons. The van der Waals surface area contributed by atoms with Gasteiger partial charge < -0.3 is 15.1 Å². The Morgan fingerprint density at radius 1 is 1.00 bits per heavy atom. The fourth-order valence-electron chi connectivity index (χ4n) is 5.52. The van der Waals surface area contributed by atoms with Gasteiger partial charge in [0.2, 0.25) is 6.04 Å². The molecule has 2 saturated carbocycles. The monoisotopic (exact) mass is 389 g/mol. The highest BCUT2D eigenvalue weighted by molar-refractivity contribution is 5.31. The van der Waals surface area contributed by atoms with Gasteiger partial charge in [-0.1, -0.05) is 67.4 Å². The predicted octanol–water partition coefficient (Wildman–Crippen LogP) is 5.30. The third kappa shape index (κ3) is 4.39. The molecule has 152 valence electrons. The molecule has 0 heterocycles. The van der Waals surface area contributed by atoms with Crippen molar-refractivity contribution in [1.29, 1.82) is 0 Å². The molecule has 29 heavy (non-hydrogen) atoms. The second kappa shape index (κ2) is 9.11. The van der Waals surface area contributed by atoms with Gasteiger partial charge in [0, 0.05) is 18.3 Å². The highest BCUT2D eigenvalue weighted by Gasteiger charge is 2.46. The van der Waals surface area contributed by atoms with Gasteiger partial charge in [-0.3, -0.25) is 0 Å². The van der Waals surface area contributed by atoms with Crippen molar-refractivity contribution in [2.75, 3.05) is 0 Å². The Kier molecular flexibility index (Phi) is 6.33. The first-order chi connectivity index (χ1) is 14.2. The highest BCUT2D eigenvalue weighted by Crippen LogP contribution is 2.44. The van der Waals surface area contributed by atoms with Crippen molar-refractivity contribution in [3.8, 4) is 0 Å². The molecule has 2 aromatic carbocycles. The maximum absolute atomic E-state index is 10.8. The molecule has 2 aromatic rings. The summed E-state index contributed by atoms with van der Waals surface area (Å²) in [4.78, 5) is 3.86. The Morgan fingerprint density at radius 3 is 2.34 bits per heavy atom. The first-order valence-electron chi connectivity index (χ1n) is 11.0. The van der Waals surface area contributed by atoms with Crippen molar-refractivity contribution >= 4 is 0 Å². The smallest absolute Gasteiger partial charge is 0.229 e. The van der Waals surface area contributed by atoms with Crippen molar-refractivity contribution in [3.05, 3.63) is 82.7 Å². The van der Waals surface area contributed by atoms with Crippen molar-refractivity contribution in [2.24, 2.45) is 11.8 Å². The summed E-state index contributed by atoms with van der Waals surface area (Å²) in [7, 11) is 0. The minimum atomic E-state index is -0.472. The van der Waals surface area contributed by atoms with Gasteiger partial charge in [0.05, 0.1) is 12.2 Å². The molecular weight excluding hydrogens is 358 g/mol. The van der Waals surface area contributed by atoms with Crippen LogP contribution in [0.1, 0.15) is 67.2 Å². The van der Waals surface area contributed by atoms with E-state index in [0.29, 0.717) is 12.3 Å². The largest absolute Gasteiger partial charge is 0.392 e. The van der Waals surface area contributed by atoms with Crippen LogP contribution >= 0.6 is 0 Å². The van der Waals surface area contributed by atoms with Crippen LogP contribution in [-0.4, -0.2) is 22.4 Å². The molecule has 0 spiro atoms. The molecule has 2 aliphatic carbocycles. The second-order valence-corrected chi connectivity index (χ2v) is 8.87. The van der Waals surface area contributed by atoms with Crippen LogP contribution in [0, 0.1) is 18.4 Å². The molecule has 3 nitrogen and oxygen atoms in total. The lowest BCUT2D eigenvalue weighted by atomic mass is 9.82. The molecule has 2 fully saturated rings. The number of hydrogen-bond acceptors (Lipinski definition) is 2. The van der Waals surface area contributed by atoms with E-state index in [1.807, 2.05) is 18.2 Å². The normalized spacial score (nSPS) is 28.3. The zero-order valence-electron chi connectivity index (χ0n) is 17.0. The van der Waals surface area contributed by atoms with E-state index in [1.165, 1.54) is 18.4 Å². The van der Waals surface area contributed by atoms with Crippen LogP contribution in [0.5, 0.6) is 0 Å². The molecule has 2 aliphatic rings. The number of aryl methyl sites for hydroxylation is 1. The number of benzene rings is 2. The fraction of sp³-hybridized carbons (Fsp3) is 0.500. The molecule has 0 bridgehead atoms. The maximum Gasteiger partial charge on any atom is 0.229 e. The molecule has 0 amide bonds. The molecule has 3 heteroatoms. The van der Waals surface area contributed by atoms with Gasteiger partial charge in [-0.15, -0.1) is 0 Å². The topological polar surface area (TPSA) is 44.8 Å². The average Bonchev–Trinajstić information content (AvgIpc) is 3.40. The summed E-state index contributed by atoms with van der Waals surface area (Å²) in [5.41, 5.74) is 3.37. The van der Waals surface area contributed by atoms with Crippen LogP contribution in [0.2, 0.25) is 0 Å². The van der Waals surface area contributed by atoms with Gasteiger partial charge in [-0.2, -0.15) is 0 Å². The second-order valence-electron chi connectivity index (χ2n) is 8.87. The van der Waals surface area contributed by atoms with E-state index in [4.69, 9.17) is 6.57 Å². The maximum atomic E-state index is 10.8. The number of hydrogen-bond donors (Lipinski definition) is 2.